The Bertz CT molecular complexity index is 897. The molecule has 0 bridgehead atoms. The molecule has 7 heteroatoms. The van der Waals surface area contributed by atoms with Crippen LogP contribution in [0, 0.1) is 0 Å². The number of para-hydroxylation sites is 2. The number of carbonyl (C=O) groups excluding carboxylic acids is 1. The summed E-state index contributed by atoms with van der Waals surface area (Å²) in [6.07, 6.45) is 1.53. The van der Waals surface area contributed by atoms with Crippen LogP contribution in [0.2, 0.25) is 0 Å². The molecule has 2 aromatic heterocycles. The second kappa shape index (κ2) is 7.94. The van der Waals surface area contributed by atoms with Crippen molar-refractivity contribution in [1.29, 1.82) is 0 Å². The Kier molecular flexibility index (Phi) is 5.22. The summed E-state index contributed by atoms with van der Waals surface area (Å²) < 4.78 is 12.8. The van der Waals surface area contributed by atoms with Gasteiger partial charge in [-0.05, 0) is 24.3 Å². The fraction of sp³-hybridized carbons (Fsp3) is 0.400. The number of benzene rings is 1. The first-order chi connectivity index (χ1) is 13.2. The number of hydrogen-bond acceptors (Lipinski definition) is 5. The fourth-order valence-electron chi connectivity index (χ4n) is 3.40. The van der Waals surface area contributed by atoms with E-state index in [4.69, 9.17) is 14.1 Å². The number of rotatable bonds is 6. The lowest BCUT2D eigenvalue weighted by Crippen LogP contribution is -2.43. The van der Waals surface area contributed by atoms with Gasteiger partial charge in [-0.2, -0.15) is 0 Å². The molecule has 0 atom stereocenters. The van der Waals surface area contributed by atoms with Gasteiger partial charge in [-0.25, -0.2) is 4.98 Å². The second-order valence-corrected chi connectivity index (χ2v) is 6.73. The highest BCUT2D eigenvalue weighted by Gasteiger charge is 2.22. The van der Waals surface area contributed by atoms with Crippen LogP contribution in [0.15, 0.2) is 47.1 Å². The van der Waals surface area contributed by atoms with Gasteiger partial charge in [0.25, 0.3) is 5.91 Å². The predicted molar refractivity (Wildman–Crippen MR) is 101 cm³/mol. The number of aromatic nitrogens is 2. The minimum absolute atomic E-state index is 0.111. The van der Waals surface area contributed by atoms with Crippen LogP contribution in [0.5, 0.6) is 0 Å². The van der Waals surface area contributed by atoms with Crippen molar-refractivity contribution < 1.29 is 13.9 Å². The molecule has 0 unspecified atom stereocenters. The summed E-state index contributed by atoms with van der Waals surface area (Å²) >= 11 is 0. The number of fused-ring (bicyclic) bond motifs is 1. The molecule has 1 aliphatic rings. The summed E-state index contributed by atoms with van der Waals surface area (Å²) in [4.78, 5) is 21.8. The third kappa shape index (κ3) is 3.89. The lowest BCUT2D eigenvalue weighted by Gasteiger charge is -2.29. The van der Waals surface area contributed by atoms with Gasteiger partial charge in [-0.1, -0.05) is 12.1 Å². The number of carbonyl (C=O) groups is 1. The van der Waals surface area contributed by atoms with Gasteiger partial charge in [0.15, 0.2) is 5.76 Å². The molecule has 7 nitrogen and oxygen atoms in total. The van der Waals surface area contributed by atoms with E-state index in [2.05, 4.69) is 4.90 Å². The third-order valence-electron chi connectivity index (χ3n) is 5.02. The summed E-state index contributed by atoms with van der Waals surface area (Å²) in [7, 11) is 1.99. The zero-order valence-corrected chi connectivity index (χ0v) is 15.5. The normalized spacial score (nSPS) is 15.3. The fourth-order valence-corrected chi connectivity index (χ4v) is 3.40. The van der Waals surface area contributed by atoms with Gasteiger partial charge in [-0.3, -0.25) is 9.69 Å². The van der Waals surface area contributed by atoms with E-state index in [1.54, 1.807) is 12.1 Å². The SMILES string of the molecule is Cn1c(CN(CCN2CCOCC2)C(=O)c2ccco2)nc2ccccc21. The van der Waals surface area contributed by atoms with E-state index < -0.39 is 0 Å². The topological polar surface area (TPSA) is 63.7 Å². The maximum absolute atomic E-state index is 13.0. The van der Waals surface area contributed by atoms with Crippen LogP contribution >= 0.6 is 0 Å². The van der Waals surface area contributed by atoms with Crippen LogP contribution in [-0.2, 0) is 18.3 Å². The van der Waals surface area contributed by atoms with Gasteiger partial charge in [0.05, 0.1) is 37.1 Å². The van der Waals surface area contributed by atoms with Crippen LogP contribution in [0.4, 0.5) is 0 Å². The molecule has 27 heavy (non-hydrogen) atoms. The Morgan fingerprint density at radius 1 is 1.19 bits per heavy atom. The van der Waals surface area contributed by atoms with Crippen molar-refractivity contribution in [2.75, 3.05) is 39.4 Å². The van der Waals surface area contributed by atoms with Crippen molar-refractivity contribution in [2.24, 2.45) is 7.05 Å². The number of hydrogen-bond donors (Lipinski definition) is 0. The number of morpholine rings is 1. The number of imidazole rings is 1. The molecule has 3 aromatic rings. The van der Waals surface area contributed by atoms with Crippen molar-refractivity contribution in [1.82, 2.24) is 19.4 Å². The average Bonchev–Trinajstić information content (AvgIpc) is 3.35. The highest BCUT2D eigenvalue weighted by molar-refractivity contribution is 5.91. The van der Waals surface area contributed by atoms with Gasteiger partial charge in [0.2, 0.25) is 0 Å². The van der Waals surface area contributed by atoms with E-state index in [1.165, 1.54) is 6.26 Å². The van der Waals surface area contributed by atoms with Crippen LogP contribution in [0.3, 0.4) is 0 Å². The van der Waals surface area contributed by atoms with Gasteiger partial charge in [0.1, 0.15) is 5.82 Å². The van der Waals surface area contributed by atoms with Crippen molar-refractivity contribution in [2.45, 2.75) is 6.54 Å². The summed E-state index contributed by atoms with van der Waals surface area (Å²) in [5, 5.41) is 0. The van der Waals surface area contributed by atoms with Crippen LogP contribution in [0.1, 0.15) is 16.4 Å². The maximum Gasteiger partial charge on any atom is 0.289 e. The standard InChI is InChI=1S/C20H24N4O3/c1-22-17-6-3-2-5-16(17)21-19(22)15-24(20(25)18-7-4-12-27-18)9-8-23-10-13-26-14-11-23/h2-7,12H,8-11,13-15H2,1H3. The summed E-state index contributed by atoms with van der Waals surface area (Å²) in [6.45, 7) is 5.15. The van der Waals surface area contributed by atoms with Gasteiger partial charge >= 0.3 is 0 Å². The Labute approximate surface area is 158 Å². The molecule has 1 saturated heterocycles. The number of aryl methyl sites for hydroxylation is 1. The van der Waals surface area contributed by atoms with Crippen LogP contribution in [-0.4, -0.2) is 64.7 Å². The first-order valence-corrected chi connectivity index (χ1v) is 9.25. The van der Waals surface area contributed by atoms with E-state index in [9.17, 15) is 4.79 Å². The largest absolute Gasteiger partial charge is 0.459 e. The van der Waals surface area contributed by atoms with Gasteiger partial charge in [0, 0.05) is 33.2 Å². The molecule has 4 rings (SSSR count). The Morgan fingerprint density at radius 2 is 2.00 bits per heavy atom. The van der Waals surface area contributed by atoms with Gasteiger partial charge < -0.3 is 18.6 Å². The number of furan rings is 1. The second-order valence-electron chi connectivity index (χ2n) is 6.73. The van der Waals surface area contributed by atoms with Crippen molar-refractivity contribution in [3.8, 4) is 0 Å². The molecule has 1 amide bonds. The number of nitrogens with zero attached hydrogens (tertiary/aromatic N) is 4. The average molecular weight is 368 g/mol. The van der Waals surface area contributed by atoms with E-state index in [1.807, 2.05) is 40.8 Å². The molecule has 0 aliphatic carbocycles. The lowest BCUT2D eigenvalue weighted by molar-refractivity contribution is 0.0314. The molecule has 142 valence electrons. The Balaban J connectivity index is 1.54. The molecule has 0 radical (unpaired) electrons. The summed E-state index contributed by atoms with van der Waals surface area (Å²) in [6, 6.07) is 11.5. The van der Waals surface area contributed by atoms with Crippen LogP contribution < -0.4 is 0 Å². The molecule has 0 saturated carbocycles. The molecule has 1 fully saturated rings. The molecule has 0 N–H and O–H groups in total. The Morgan fingerprint density at radius 3 is 2.74 bits per heavy atom. The molecular weight excluding hydrogens is 344 g/mol. The number of amides is 1. The highest BCUT2D eigenvalue weighted by atomic mass is 16.5. The van der Waals surface area contributed by atoms with Crippen molar-refractivity contribution in [3.63, 3.8) is 0 Å². The smallest absolute Gasteiger partial charge is 0.289 e. The van der Waals surface area contributed by atoms with E-state index in [-0.39, 0.29) is 5.91 Å². The first-order valence-electron chi connectivity index (χ1n) is 9.25. The van der Waals surface area contributed by atoms with E-state index >= 15 is 0 Å². The molecule has 0 spiro atoms. The molecular formula is C20H24N4O3. The number of ether oxygens (including phenoxy) is 1. The zero-order valence-electron chi connectivity index (χ0n) is 15.5. The monoisotopic (exact) mass is 368 g/mol. The maximum atomic E-state index is 13.0. The summed E-state index contributed by atoms with van der Waals surface area (Å²) in [5.41, 5.74) is 2.00. The minimum atomic E-state index is -0.111. The highest BCUT2D eigenvalue weighted by Crippen LogP contribution is 2.17. The summed E-state index contributed by atoms with van der Waals surface area (Å²) in [5.74, 6) is 1.11. The van der Waals surface area contributed by atoms with E-state index in [0.29, 0.717) is 18.8 Å². The predicted octanol–water partition coefficient (Wildman–Crippen LogP) is 2.14. The molecule has 1 aromatic carbocycles. The van der Waals surface area contributed by atoms with Crippen molar-refractivity contribution >= 4 is 16.9 Å². The first kappa shape index (κ1) is 17.8. The van der Waals surface area contributed by atoms with Crippen molar-refractivity contribution in [3.05, 3.63) is 54.2 Å². The third-order valence-corrected chi connectivity index (χ3v) is 5.02. The quantitative estimate of drug-likeness (QED) is 0.667. The minimum Gasteiger partial charge on any atom is -0.459 e. The van der Waals surface area contributed by atoms with Gasteiger partial charge in [-0.15, -0.1) is 0 Å². The lowest BCUT2D eigenvalue weighted by atomic mass is 10.3. The molecule has 3 heterocycles. The zero-order chi connectivity index (χ0) is 18.6. The molecule has 1 aliphatic heterocycles. The van der Waals surface area contributed by atoms with E-state index in [0.717, 1.165) is 49.7 Å². The Hall–Kier alpha value is -2.64. The van der Waals surface area contributed by atoms with Crippen LogP contribution in [0.25, 0.3) is 11.0 Å².